The Hall–Kier alpha value is -2.73. The highest BCUT2D eigenvalue weighted by Gasteiger charge is 2.39. The number of fused-ring (bicyclic) bond motifs is 1. The number of carbonyl (C=O) groups is 1. The Morgan fingerprint density at radius 3 is 2.28 bits per heavy atom. The molecule has 0 saturated heterocycles. The number of hydrogen-bond acceptors (Lipinski definition) is 6. The molecule has 0 spiro atoms. The normalized spacial score (nSPS) is 16.8. The molecule has 0 amide bonds. The highest BCUT2D eigenvalue weighted by molar-refractivity contribution is 5.97. The third kappa shape index (κ3) is 2.89. The first kappa shape index (κ1) is 17.1. The van der Waals surface area contributed by atoms with E-state index in [1.807, 2.05) is 24.3 Å². The van der Waals surface area contributed by atoms with Crippen LogP contribution < -0.4 is 14.2 Å². The predicted molar refractivity (Wildman–Crippen MR) is 90.4 cm³/mol. The van der Waals surface area contributed by atoms with Crippen LogP contribution in [0.3, 0.4) is 0 Å². The van der Waals surface area contributed by atoms with Gasteiger partial charge in [0.05, 0.1) is 21.3 Å². The Balaban J connectivity index is 2.03. The second kappa shape index (κ2) is 7.03. The van der Waals surface area contributed by atoms with Crippen molar-refractivity contribution in [2.45, 2.75) is 12.2 Å². The van der Waals surface area contributed by atoms with E-state index >= 15 is 0 Å². The molecule has 132 valence electrons. The summed E-state index contributed by atoms with van der Waals surface area (Å²) in [7, 11) is 6.25. The van der Waals surface area contributed by atoms with Gasteiger partial charge in [-0.25, -0.2) is 4.79 Å². The first-order chi connectivity index (χ1) is 12.1. The number of ether oxygens (including phenoxy) is 5. The molecule has 2 aromatic rings. The van der Waals surface area contributed by atoms with Crippen LogP contribution in [0.1, 0.15) is 33.7 Å². The zero-order valence-corrected chi connectivity index (χ0v) is 14.6. The lowest BCUT2D eigenvalue weighted by atomic mass is 9.96. The van der Waals surface area contributed by atoms with Gasteiger partial charge in [-0.15, -0.1) is 0 Å². The van der Waals surface area contributed by atoms with Gasteiger partial charge < -0.3 is 23.7 Å². The molecule has 0 radical (unpaired) electrons. The molecule has 0 aliphatic carbocycles. The lowest BCUT2D eigenvalue weighted by molar-refractivity contribution is -0.0297. The Bertz CT molecular complexity index is 785. The lowest BCUT2D eigenvalue weighted by Gasteiger charge is -2.23. The second-order valence-corrected chi connectivity index (χ2v) is 5.52. The second-order valence-electron chi connectivity index (χ2n) is 5.52. The Labute approximate surface area is 146 Å². The topological polar surface area (TPSA) is 63.2 Å². The number of rotatable bonds is 6. The molecule has 2 atom stereocenters. The maximum absolute atomic E-state index is 12.3. The zero-order valence-electron chi connectivity index (χ0n) is 14.6. The molecule has 6 heteroatoms. The minimum absolute atomic E-state index is 0.417. The summed E-state index contributed by atoms with van der Waals surface area (Å²) in [6, 6.07) is 10.9. The molecule has 0 N–H and O–H groups in total. The minimum Gasteiger partial charge on any atom is -0.496 e. The van der Waals surface area contributed by atoms with Gasteiger partial charge >= 0.3 is 5.97 Å². The van der Waals surface area contributed by atoms with Crippen molar-refractivity contribution in [2.75, 3.05) is 28.4 Å². The minimum atomic E-state index is -0.569. The van der Waals surface area contributed by atoms with Gasteiger partial charge in [0.2, 0.25) is 0 Å². The summed E-state index contributed by atoms with van der Waals surface area (Å²) in [5, 5.41) is 0. The summed E-state index contributed by atoms with van der Waals surface area (Å²) >= 11 is 0. The van der Waals surface area contributed by atoms with Gasteiger partial charge in [0.15, 0.2) is 17.6 Å². The first-order valence-corrected chi connectivity index (χ1v) is 7.77. The van der Waals surface area contributed by atoms with Crippen LogP contribution in [0.2, 0.25) is 0 Å². The first-order valence-electron chi connectivity index (χ1n) is 7.77. The maximum atomic E-state index is 12.3. The highest BCUT2D eigenvalue weighted by Crippen LogP contribution is 2.45. The summed E-state index contributed by atoms with van der Waals surface area (Å²) in [6.07, 6.45) is -1.06. The third-order valence-electron chi connectivity index (χ3n) is 4.29. The molecule has 6 nitrogen and oxygen atoms in total. The fourth-order valence-electron chi connectivity index (χ4n) is 3.10. The number of cyclic esters (lactones) is 1. The molecule has 3 rings (SSSR count). The van der Waals surface area contributed by atoms with E-state index in [0.717, 1.165) is 11.1 Å². The Morgan fingerprint density at radius 2 is 1.64 bits per heavy atom. The SMILES string of the molecule is COc1ccc([C@H](OC)[C@H]2OC(=O)c3c(OC)cccc32)cc1OC. The van der Waals surface area contributed by atoms with E-state index in [9.17, 15) is 4.79 Å². The number of carbonyl (C=O) groups excluding carboxylic acids is 1. The van der Waals surface area contributed by atoms with Crippen molar-refractivity contribution in [1.82, 2.24) is 0 Å². The van der Waals surface area contributed by atoms with Gasteiger partial charge in [0.25, 0.3) is 0 Å². The largest absolute Gasteiger partial charge is 0.496 e. The van der Waals surface area contributed by atoms with Crippen LogP contribution in [0.4, 0.5) is 0 Å². The standard InChI is InChI=1S/C19H20O6/c1-21-13-9-8-11(10-15(13)23-3)17(24-4)18-12-6-5-7-14(22-2)16(12)19(20)25-18/h5-10,17-18H,1-4H3/t17-,18-/m0/s1. The zero-order chi connectivity index (χ0) is 18.0. The van der Waals surface area contributed by atoms with Crippen molar-refractivity contribution in [2.24, 2.45) is 0 Å². The molecule has 2 aromatic carbocycles. The summed E-state index contributed by atoms with van der Waals surface area (Å²) in [5.74, 6) is 1.27. The molecule has 0 saturated carbocycles. The average Bonchev–Trinajstić information content (AvgIpc) is 2.99. The fraction of sp³-hybridized carbons (Fsp3) is 0.316. The van der Waals surface area contributed by atoms with Crippen molar-refractivity contribution in [3.05, 3.63) is 53.1 Å². The molecular formula is C19H20O6. The Morgan fingerprint density at radius 1 is 0.920 bits per heavy atom. The van der Waals surface area contributed by atoms with Gasteiger partial charge in [-0.05, 0) is 23.8 Å². The van der Waals surface area contributed by atoms with E-state index in [2.05, 4.69) is 0 Å². The average molecular weight is 344 g/mol. The molecular weight excluding hydrogens is 324 g/mol. The summed E-state index contributed by atoms with van der Waals surface area (Å²) in [6.45, 7) is 0. The van der Waals surface area contributed by atoms with E-state index in [-0.39, 0.29) is 0 Å². The number of hydrogen-bond donors (Lipinski definition) is 0. The van der Waals surface area contributed by atoms with Crippen molar-refractivity contribution in [1.29, 1.82) is 0 Å². The van der Waals surface area contributed by atoms with E-state index in [1.165, 1.54) is 7.11 Å². The summed E-state index contributed by atoms with van der Waals surface area (Å²) in [4.78, 5) is 12.3. The molecule has 1 heterocycles. The lowest BCUT2D eigenvalue weighted by Crippen LogP contribution is -2.13. The highest BCUT2D eigenvalue weighted by atomic mass is 16.6. The fourth-order valence-corrected chi connectivity index (χ4v) is 3.10. The maximum Gasteiger partial charge on any atom is 0.343 e. The molecule has 0 fully saturated rings. The van der Waals surface area contributed by atoms with E-state index in [0.29, 0.717) is 22.8 Å². The van der Waals surface area contributed by atoms with Gasteiger partial charge in [0, 0.05) is 12.7 Å². The molecule has 1 aliphatic heterocycles. The molecule has 25 heavy (non-hydrogen) atoms. The van der Waals surface area contributed by atoms with E-state index in [1.54, 1.807) is 33.5 Å². The summed E-state index contributed by atoms with van der Waals surface area (Å²) < 4.78 is 27.2. The van der Waals surface area contributed by atoms with Gasteiger partial charge in [-0.3, -0.25) is 0 Å². The molecule has 1 aliphatic rings. The van der Waals surface area contributed by atoms with Crippen molar-refractivity contribution < 1.29 is 28.5 Å². The number of esters is 1. The van der Waals surface area contributed by atoms with Crippen LogP contribution >= 0.6 is 0 Å². The molecule has 0 bridgehead atoms. The van der Waals surface area contributed by atoms with Gasteiger partial charge in [0.1, 0.15) is 17.4 Å². The molecule has 0 unspecified atom stereocenters. The van der Waals surface area contributed by atoms with Crippen molar-refractivity contribution in [3.8, 4) is 17.2 Å². The predicted octanol–water partition coefficient (Wildman–Crippen LogP) is 3.31. The van der Waals surface area contributed by atoms with Crippen LogP contribution in [0.5, 0.6) is 17.2 Å². The number of benzene rings is 2. The van der Waals surface area contributed by atoms with E-state index < -0.39 is 18.2 Å². The quantitative estimate of drug-likeness (QED) is 0.749. The van der Waals surface area contributed by atoms with Crippen molar-refractivity contribution in [3.63, 3.8) is 0 Å². The van der Waals surface area contributed by atoms with Gasteiger partial charge in [-0.2, -0.15) is 0 Å². The summed E-state index contributed by atoms with van der Waals surface area (Å²) in [5.41, 5.74) is 2.00. The van der Waals surface area contributed by atoms with Gasteiger partial charge in [-0.1, -0.05) is 18.2 Å². The van der Waals surface area contributed by atoms with E-state index in [4.69, 9.17) is 23.7 Å². The van der Waals surface area contributed by atoms with Crippen LogP contribution in [-0.2, 0) is 9.47 Å². The van der Waals surface area contributed by atoms with Crippen molar-refractivity contribution >= 4 is 5.97 Å². The van der Waals surface area contributed by atoms with Crippen LogP contribution in [0, 0.1) is 0 Å². The van der Waals surface area contributed by atoms with Crippen LogP contribution in [0.25, 0.3) is 0 Å². The molecule has 0 aromatic heterocycles. The number of methoxy groups -OCH3 is 4. The third-order valence-corrected chi connectivity index (χ3v) is 4.29. The Kier molecular flexibility index (Phi) is 4.81. The monoisotopic (exact) mass is 344 g/mol. The smallest absolute Gasteiger partial charge is 0.343 e. The van der Waals surface area contributed by atoms with Crippen LogP contribution in [0.15, 0.2) is 36.4 Å². The van der Waals surface area contributed by atoms with Crippen LogP contribution in [-0.4, -0.2) is 34.4 Å².